The number of fused-ring (bicyclic) bond motifs is 2. The topological polar surface area (TPSA) is 132 Å². The van der Waals surface area contributed by atoms with Crippen molar-refractivity contribution in [2.75, 3.05) is 43.4 Å². The number of amides is 1. The van der Waals surface area contributed by atoms with Gasteiger partial charge in [-0.05, 0) is 25.2 Å². The van der Waals surface area contributed by atoms with Crippen molar-refractivity contribution >= 4 is 39.5 Å². The highest BCUT2D eigenvalue weighted by molar-refractivity contribution is 5.96. The standard InChI is InChI=1S/C27H30N10O/c1-27(2,3)26(38)31-18-11-16(13-28-15-18)17-12-19-21(34-35-23(19)30-14-17)25-32-22-20(5-6-29-24(22)33-25)37-9-7-36(4)8-10-37/h5-6,11-15H,7-10H2,1-4H3,(H,31,38)(H,29,32,33)(H,30,34,35). The van der Waals surface area contributed by atoms with Crippen LogP contribution in [0.1, 0.15) is 20.8 Å². The molecule has 1 amide bonds. The van der Waals surface area contributed by atoms with Crippen LogP contribution in [0, 0.1) is 5.41 Å². The van der Waals surface area contributed by atoms with Crippen LogP contribution in [-0.4, -0.2) is 79.2 Å². The van der Waals surface area contributed by atoms with Gasteiger partial charge in [-0.2, -0.15) is 5.10 Å². The molecule has 0 bridgehead atoms. The lowest BCUT2D eigenvalue weighted by atomic mass is 9.95. The Hall–Kier alpha value is -4.38. The largest absolute Gasteiger partial charge is 0.367 e. The summed E-state index contributed by atoms with van der Waals surface area (Å²) in [7, 11) is 2.14. The third-order valence-corrected chi connectivity index (χ3v) is 6.86. The number of piperazine rings is 1. The molecule has 6 rings (SSSR count). The Morgan fingerprint density at radius 1 is 1.00 bits per heavy atom. The normalized spacial score (nSPS) is 14.9. The van der Waals surface area contributed by atoms with Crippen LogP contribution in [0.4, 0.5) is 11.4 Å². The third-order valence-electron chi connectivity index (χ3n) is 6.86. The number of H-pyrrole nitrogens is 2. The van der Waals surface area contributed by atoms with E-state index in [1.54, 1.807) is 18.6 Å². The maximum absolute atomic E-state index is 12.5. The Bertz CT molecular complexity index is 1640. The van der Waals surface area contributed by atoms with Crippen molar-refractivity contribution in [1.29, 1.82) is 0 Å². The minimum atomic E-state index is -0.506. The average molecular weight is 511 g/mol. The summed E-state index contributed by atoms with van der Waals surface area (Å²) in [6.07, 6.45) is 6.98. The molecule has 1 aliphatic rings. The molecule has 6 heterocycles. The number of carbonyl (C=O) groups is 1. The number of nitrogens with one attached hydrogen (secondary N) is 3. The lowest BCUT2D eigenvalue weighted by molar-refractivity contribution is -0.123. The second-order valence-corrected chi connectivity index (χ2v) is 10.8. The van der Waals surface area contributed by atoms with Gasteiger partial charge in [0.2, 0.25) is 5.91 Å². The number of hydrogen-bond acceptors (Lipinski definition) is 8. The number of rotatable bonds is 4. The molecule has 3 N–H and O–H groups in total. The monoisotopic (exact) mass is 510 g/mol. The summed E-state index contributed by atoms with van der Waals surface area (Å²) in [5.74, 6) is 0.556. The fourth-order valence-corrected chi connectivity index (χ4v) is 4.54. The maximum atomic E-state index is 12.5. The third kappa shape index (κ3) is 4.45. The molecule has 194 valence electrons. The molecular formula is C27H30N10O. The van der Waals surface area contributed by atoms with E-state index >= 15 is 0 Å². The Labute approximate surface area is 219 Å². The molecular weight excluding hydrogens is 480 g/mol. The molecule has 0 saturated carbocycles. The molecule has 0 aliphatic carbocycles. The number of carbonyl (C=O) groups excluding carboxylic acids is 1. The lowest BCUT2D eigenvalue weighted by Gasteiger charge is -2.33. The van der Waals surface area contributed by atoms with E-state index in [4.69, 9.17) is 4.98 Å². The zero-order chi connectivity index (χ0) is 26.4. The molecule has 0 spiro atoms. The zero-order valence-electron chi connectivity index (χ0n) is 21.9. The predicted molar refractivity (Wildman–Crippen MR) is 148 cm³/mol. The lowest BCUT2D eigenvalue weighted by Crippen LogP contribution is -2.44. The van der Waals surface area contributed by atoms with E-state index in [0.717, 1.165) is 59.5 Å². The molecule has 11 heteroatoms. The molecule has 5 aromatic heterocycles. The van der Waals surface area contributed by atoms with Gasteiger partial charge in [-0.25, -0.2) is 15.0 Å². The predicted octanol–water partition coefficient (Wildman–Crippen LogP) is 3.69. The molecule has 0 radical (unpaired) electrons. The van der Waals surface area contributed by atoms with E-state index in [0.29, 0.717) is 22.9 Å². The van der Waals surface area contributed by atoms with Crippen molar-refractivity contribution < 1.29 is 4.79 Å². The van der Waals surface area contributed by atoms with Gasteiger partial charge >= 0.3 is 0 Å². The SMILES string of the molecule is CN1CCN(c2ccnc3[nH]c(-c4n[nH]c5ncc(-c6cncc(NC(=O)C(C)(C)C)c6)cc45)nc23)CC1. The van der Waals surface area contributed by atoms with Gasteiger partial charge in [0.05, 0.1) is 23.0 Å². The van der Waals surface area contributed by atoms with E-state index in [2.05, 4.69) is 52.3 Å². The van der Waals surface area contributed by atoms with Crippen LogP contribution in [0.25, 0.3) is 44.8 Å². The van der Waals surface area contributed by atoms with E-state index in [1.165, 1.54) is 0 Å². The minimum Gasteiger partial charge on any atom is -0.367 e. The number of anilines is 2. The first-order valence-electron chi connectivity index (χ1n) is 12.7. The van der Waals surface area contributed by atoms with E-state index < -0.39 is 5.41 Å². The summed E-state index contributed by atoms with van der Waals surface area (Å²) in [5.41, 5.74) is 5.77. The summed E-state index contributed by atoms with van der Waals surface area (Å²) >= 11 is 0. The number of hydrogen-bond donors (Lipinski definition) is 3. The zero-order valence-corrected chi connectivity index (χ0v) is 21.9. The van der Waals surface area contributed by atoms with E-state index in [1.807, 2.05) is 45.2 Å². The molecule has 0 aromatic carbocycles. The fourth-order valence-electron chi connectivity index (χ4n) is 4.54. The van der Waals surface area contributed by atoms with Gasteiger partial charge in [0, 0.05) is 61.3 Å². The molecule has 0 atom stereocenters. The van der Waals surface area contributed by atoms with Crippen LogP contribution < -0.4 is 10.2 Å². The van der Waals surface area contributed by atoms with E-state index in [-0.39, 0.29) is 5.91 Å². The van der Waals surface area contributed by atoms with Crippen LogP contribution in [0.2, 0.25) is 0 Å². The first-order valence-corrected chi connectivity index (χ1v) is 12.7. The van der Waals surface area contributed by atoms with Crippen LogP contribution in [0.3, 0.4) is 0 Å². The van der Waals surface area contributed by atoms with Gasteiger partial charge in [-0.15, -0.1) is 0 Å². The smallest absolute Gasteiger partial charge is 0.229 e. The van der Waals surface area contributed by atoms with Gasteiger partial charge in [0.1, 0.15) is 11.2 Å². The number of nitrogens with zero attached hydrogens (tertiary/aromatic N) is 7. The first kappa shape index (κ1) is 24.0. The second kappa shape index (κ2) is 9.18. The Morgan fingerprint density at radius 3 is 2.58 bits per heavy atom. The van der Waals surface area contributed by atoms with Crippen LogP contribution in [-0.2, 0) is 4.79 Å². The van der Waals surface area contributed by atoms with Crippen molar-refractivity contribution in [3.05, 3.63) is 43.0 Å². The molecule has 1 saturated heterocycles. The summed E-state index contributed by atoms with van der Waals surface area (Å²) in [5, 5.41) is 11.3. The summed E-state index contributed by atoms with van der Waals surface area (Å²) in [6, 6.07) is 5.93. The highest BCUT2D eigenvalue weighted by atomic mass is 16.2. The molecule has 5 aromatic rings. The van der Waals surface area contributed by atoms with E-state index in [9.17, 15) is 4.79 Å². The van der Waals surface area contributed by atoms with Crippen molar-refractivity contribution in [3.63, 3.8) is 0 Å². The average Bonchev–Trinajstić information content (AvgIpc) is 3.52. The van der Waals surface area contributed by atoms with Crippen molar-refractivity contribution in [3.8, 4) is 22.6 Å². The van der Waals surface area contributed by atoms with Gasteiger partial charge < -0.3 is 20.1 Å². The van der Waals surface area contributed by atoms with Crippen molar-refractivity contribution in [2.24, 2.45) is 5.41 Å². The highest BCUT2D eigenvalue weighted by Crippen LogP contribution is 2.32. The molecule has 11 nitrogen and oxygen atoms in total. The summed E-state index contributed by atoms with van der Waals surface area (Å²) in [6.45, 7) is 9.53. The number of imidazole rings is 1. The molecule has 0 unspecified atom stereocenters. The quantitative estimate of drug-likeness (QED) is 0.334. The second-order valence-electron chi connectivity index (χ2n) is 10.8. The first-order chi connectivity index (χ1) is 18.3. The molecule has 1 fully saturated rings. The van der Waals surface area contributed by atoms with Crippen LogP contribution in [0.5, 0.6) is 0 Å². The molecule has 1 aliphatic heterocycles. The maximum Gasteiger partial charge on any atom is 0.229 e. The fraction of sp³-hybridized carbons (Fsp3) is 0.333. The minimum absolute atomic E-state index is 0.0726. The highest BCUT2D eigenvalue weighted by Gasteiger charge is 2.22. The Balaban J connectivity index is 1.35. The van der Waals surface area contributed by atoms with Gasteiger partial charge in [-0.3, -0.25) is 14.9 Å². The van der Waals surface area contributed by atoms with Crippen LogP contribution >= 0.6 is 0 Å². The van der Waals surface area contributed by atoms with Gasteiger partial charge in [0.15, 0.2) is 17.1 Å². The van der Waals surface area contributed by atoms with Crippen molar-refractivity contribution in [1.82, 2.24) is 40.0 Å². The van der Waals surface area contributed by atoms with Crippen molar-refractivity contribution in [2.45, 2.75) is 20.8 Å². The molecule has 38 heavy (non-hydrogen) atoms. The van der Waals surface area contributed by atoms with Gasteiger partial charge in [-0.1, -0.05) is 20.8 Å². The van der Waals surface area contributed by atoms with Gasteiger partial charge in [0.25, 0.3) is 0 Å². The Kier molecular flexibility index (Phi) is 5.79. The Morgan fingerprint density at radius 2 is 1.79 bits per heavy atom. The summed E-state index contributed by atoms with van der Waals surface area (Å²) < 4.78 is 0. The van der Waals surface area contributed by atoms with Crippen LogP contribution in [0.15, 0.2) is 43.0 Å². The number of aromatic nitrogens is 7. The number of pyridine rings is 3. The summed E-state index contributed by atoms with van der Waals surface area (Å²) in [4.78, 5) is 38.9. The number of aromatic amines is 2. The number of likely N-dealkylation sites (N-methyl/N-ethyl adjacent to an activating group) is 1.